The van der Waals surface area contributed by atoms with E-state index in [4.69, 9.17) is 4.74 Å². The number of ether oxygens (including phenoxy) is 1. The highest BCUT2D eigenvalue weighted by Gasteiger charge is 2.64. The van der Waals surface area contributed by atoms with Crippen molar-refractivity contribution in [3.8, 4) is 0 Å². The summed E-state index contributed by atoms with van der Waals surface area (Å²) < 4.78 is 6.66. The zero-order valence-corrected chi connectivity index (χ0v) is 20.8. The van der Waals surface area contributed by atoms with E-state index in [1.807, 2.05) is 6.08 Å². The first-order valence-electron chi connectivity index (χ1n) is 13.2. The van der Waals surface area contributed by atoms with E-state index >= 15 is 0 Å². The molecule has 0 bridgehead atoms. The highest BCUT2D eigenvalue weighted by molar-refractivity contribution is 5.93. The van der Waals surface area contributed by atoms with Crippen LogP contribution in [0.15, 0.2) is 47.1 Å². The monoisotopic (exact) mass is 445 g/mol. The number of anilines is 1. The predicted octanol–water partition coefficient (Wildman–Crippen LogP) is 6.45. The molecule has 1 saturated heterocycles. The van der Waals surface area contributed by atoms with Gasteiger partial charge in [-0.3, -0.25) is 4.79 Å². The number of carbonyl (C=O) groups is 1. The van der Waals surface area contributed by atoms with E-state index in [2.05, 4.69) is 57.1 Å². The third-order valence-corrected chi connectivity index (χ3v) is 10.3. The third-order valence-electron chi connectivity index (χ3n) is 10.3. The lowest BCUT2D eigenvalue weighted by atomic mass is 9.50. The Labute approximate surface area is 199 Å². The fourth-order valence-electron chi connectivity index (χ4n) is 8.68. The lowest BCUT2D eigenvalue weighted by Gasteiger charge is -2.56. The molecular weight excluding hydrogens is 406 g/mol. The summed E-state index contributed by atoms with van der Waals surface area (Å²) in [6.07, 6.45) is 11.0. The summed E-state index contributed by atoms with van der Waals surface area (Å²) in [6.45, 7) is 5.89. The number of allylic oxidation sites excluding steroid dienone is 4. The van der Waals surface area contributed by atoms with Gasteiger partial charge >= 0.3 is 0 Å². The van der Waals surface area contributed by atoms with Gasteiger partial charge in [-0.2, -0.15) is 0 Å². The topological polar surface area (TPSA) is 29.5 Å². The molecule has 0 aromatic heterocycles. The summed E-state index contributed by atoms with van der Waals surface area (Å²) in [4.78, 5) is 14.5. The van der Waals surface area contributed by atoms with Crippen LogP contribution in [0.3, 0.4) is 0 Å². The second kappa shape index (κ2) is 7.57. The molecular formula is C30H39NO2. The fourth-order valence-corrected chi connectivity index (χ4v) is 8.68. The molecule has 3 unspecified atom stereocenters. The minimum Gasteiger partial charge on any atom is -0.378 e. The zero-order valence-electron chi connectivity index (χ0n) is 20.8. The van der Waals surface area contributed by atoms with Crippen LogP contribution in [0.5, 0.6) is 0 Å². The summed E-state index contributed by atoms with van der Waals surface area (Å²) in [5, 5.41) is 0. The third kappa shape index (κ3) is 3.07. The van der Waals surface area contributed by atoms with Crippen LogP contribution in [-0.2, 0) is 9.53 Å². The maximum Gasteiger partial charge on any atom is 0.156 e. The van der Waals surface area contributed by atoms with Gasteiger partial charge in [-0.25, -0.2) is 0 Å². The Morgan fingerprint density at radius 2 is 1.88 bits per heavy atom. The van der Waals surface area contributed by atoms with Gasteiger partial charge in [0, 0.05) is 44.1 Å². The molecule has 1 aromatic carbocycles. The normalized spacial score (nSPS) is 39.9. The molecule has 1 aliphatic heterocycles. The summed E-state index contributed by atoms with van der Waals surface area (Å²) in [7, 11) is 4.22. The number of fused-ring (bicyclic) bond motifs is 5. The Kier molecular flexibility index (Phi) is 4.96. The van der Waals surface area contributed by atoms with Crippen molar-refractivity contribution in [1.29, 1.82) is 0 Å². The van der Waals surface area contributed by atoms with Crippen LogP contribution in [0.1, 0.15) is 76.7 Å². The van der Waals surface area contributed by atoms with E-state index in [0.717, 1.165) is 13.0 Å². The second-order valence-corrected chi connectivity index (χ2v) is 12.0. The molecule has 1 heterocycles. The SMILES string of the molecule is CC1C[C@@H]2C(=C3CCC(=O)C=C31)C(c1ccc(N(C)C)cc1)C[C@@]1(C)[C@H]2CCC12CCCO2. The molecule has 0 amide bonds. The van der Waals surface area contributed by atoms with Crippen LogP contribution in [0.2, 0.25) is 0 Å². The Bertz CT molecular complexity index is 1030. The smallest absolute Gasteiger partial charge is 0.156 e. The number of benzene rings is 1. The molecule has 33 heavy (non-hydrogen) atoms. The first-order valence-corrected chi connectivity index (χ1v) is 13.2. The quantitative estimate of drug-likeness (QED) is 0.524. The molecule has 3 nitrogen and oxygen atoms in total. The fraction of sp³-hybridized carbons (Fsp3) is 0.633. The molecule has 3 fully saturated rings. The Balaban J connectivity index is 1.51. The number of carbonyl (C=O) groups excluding carboxylic acids is 1. The average Bonchev–Trinajstić information content (AvgIpc) is 3.39. The molecule has 6 rings (SSSR count). The number of hydrogen-bond acceptors (Lipinski definition) is 3. The van der Waals surface area contributed by atoms with E-state index in [-0.39, 0.29) is 11.0 Å². The molecule has 1 aromatic rings. The van der Waals surface area contributed by atoms with Crippen molar-refractivity contribution < 1.29 is 9.53 Å². The minimum absolute atomic E-state index is 0.0809. The van der Waals surface area contributed by atoms with Crippen molar-refractivity contribution >= 4 is 11.5 Å². The molecule has 6 atom stereocenters. The lowest BCUT2D eigenvalue weighted by Crippen LogP contribution is -2.51. The maximum absolute atomic E-state index is 12.4. The Morgan fingerprint density at radius 3 is 2.58 bits per heavy atom. The van der Waals surface area contributed by atoms with Crippen molar-refractivity contribution in [2.24, 2.45) is 23.2 Å². The van der Waals surface area contributed by atoms with Crippen LogP contribution in [-0.4, -0.2) is 32.1 Å². The summed E-state index contributed by atoms with van der Waals surface area (Å²) in [5.41, 5.74) is 7.63. The highest BCUT2D eigenvalue weighted by atomic mass is 16.5. The number of ketones is 1. The molecule has 3 heteroatoms. The van der Waals surface area contributed by atoms with Gasteiger partial charge in [-0.1, -0.05) is 31.6 Å². The largest absolute Gasteiger partial charge is 0.378 e. The molecule has 0 N–H and O–H groups in total. The zero-order chi connectivity index (χ0) is 23.0. The van der Waals surface area contributed by atoms with Gasteiger partial charge in [0.25, 0.3) is 0 Å². The van der Waals surface area contributed by atoms with Gasteiger partial charge < -0.3 is 9.64 Å². The lowest BCUT2D eigenvalue weighted by molar-refractivity contribution is -0.115. The molecule has 1 spiro atoms. The Hall–Kier alpha value is -1.87. The summed E-state index contributed by atoms with van der Waals surface area (Å²) in [5.74, 6) is 2.58. The van der Waals surface area contributed by atoms with Gasteiger partial charge in [-0.05, 0) is 97.6 Å². The summed E-state index contributed by atoms with van der Waals surface area (Å²) >= 11 is 0. The van der Waals surface area contributed by atoms with E-state index in [9.17, 15) is 4.79 Å². The van der Waals surface area contributed by atoms with Gasteiger partial charge in [0.1, 0.15) is 0 Å². The van der Waals surface area contributed by atoms with Gasteiger partial charge in [0.15, 0.2) is 5.78 Å². The average molecular weight is 446 g/mol. The van der Waals surface area contributed by atoms with E-state index < -0.39 is 0 Å². The number of rotatable bonds is 2. The molecule has 176 valence electrons. The van der Waals surface area contributed by atoms with E-state index in [1.54, 1.807) is 11.1 Å². The number of hydrogen-bond donors (Lipinski definition) is 0. The highest BCUT2D eigenvalue weighted by Crippen LogP contribution is 2.69. The van der Waals surface area contributed by atoms with Gasteiger partial charge in [0.05, 0.1) is 5.60 Å². The van der Waals surface area contributed by atoms with Crippen molar-refractivity contribution in [2.45, 2.75) is 76.7 Å². The van der Waals surface area contributed by atoms with Crippen molar-refractivity contribution in [1.82, 2.24) is 0 Å². The van der Waals surface area contributed by atoms with Crippen LogP contribution in [0.4, 0.5) is 5.69 Å². The molecule has 5 aliphatic rings. The summed E-state index contributed by atoms with van der Waals surface area (Å²) in [6, 6.07) is 9.32. The second-order valence-electron chi connectivity index (χ2n) is 12.0. The maximum atomic E-state index is 12.4. The first kappa shape index (κ1) is 21.6. The van der Waals surface area contributed by atoms with Gasteiger partial charge in [-0.15, -0.1) is 0 Å². The van der Waals surface area contributed by atoms with Crippen molar-refractivity contribution in [2.75, 3.05) is 25.6 Å². The van der Waals surface area contributed by atoms with Crippen LogP contribution in [0, 0.1) is 23.2 Å². The van der Waals surface area contributed by atoms with Crippen molar-refractivity contribution in [3.05, 3.63) is 52.6 Å². The van der Waals surface area contributed by atoms with Gasteiger partial charge in [0.2, 0.25) is 0 Å². The first-order chi connectivity index (χ1) is 15.8. The van der Waals surface area contributed by atoms with Crippen LogP contribution in [0.25, 0.3) is 0 Å². The Morgan fingerprint density at radius 1 is 1.09 bits per heavy atom. The molecule has 2 saturated carbocycles. The van der Waals surface area contributed by atoms with Crippen LogP contribution < -0.4 is 4.90 Å². The number of nitrogens with zero attached hydrogens (tertiary/aromatic N) is 1. The minimum atomic E-state index is 0.0809. The van der Waals surface area contributed by atoms with Crippen molar-refractivity contribution in [3.63, 3.8) is 0 Å². The molecule has 0 radical (unpaired) electrons. The predicted molar refractivity (Wildman–Crippen MR) is 133 cm³/mol. The molecule has 4 aliphatic carbocycles. The van der Waals surface area contributed by atoms with Crippen LogP contribution >= 0.6 is 0 Å². The van der Waals surface area contributed by atoms with E-state index in [0.29, 0.717) is 35.9 Å². The standard InChI is InChI=1S/C30H39NO2/c1-19-16-25-27-12-14-30(13-5-15-33-30)29(27,2)18-26(20-6-8-21(9-7-20)31(3)4)28(25)23-11-10-22(32)17-24(19)23/h6-9,17,19,25-27H,5,10-16,18H2,1-4H3/t19?,25-,26?,27-,29-,30?/m0/s1. The van der Waals surface area contributed by atoms with E-state index in [1.165, 1.54) is 55.3 Å².